The van der Waals surface area contributed by atoms with Gasteiger partial charge in [0.2, 0.25) is 0 Å². The van der Waals surface area contributed by atoms with Crippen LogP contribution < -0.4 is 0 Å². The maximum Gasteiger partial charge on any atom is 0.183 e. The molecule has 4 rings (SSSR count). The van der Waals surface area contributed by atoms with Crippen molar-refractivity contribution in [3.05, 3.63) is 35.4 Å². The highest BCUT2D eigenvalue weighted by Crippen LogP contribution is 2.44. The number of alkyl halides is 1. The summed E-state index contributed by atoms with van der Waals surface area (Å²) in [6.07, 6.45) is 9.89. The Bertz CT molecular complexity index is 563. The highest BCUT2D eigenvalue weighted by atomic mass is 19.1. The molecule has 1 aromatic carbocycles. The molecular weight excluding hydrogens is 339 g/mol. The van der Waals surface area contributed by atoms with E-state index in [0.29, 0.717) is 17.8 Å². The van der Waals surface area contributed by atoms with Crippen LogP contribution in [0.15, 0.2) is 24.3 Å². The van der Waals surface area contributed by atoms with Crippen LogP contribution in [0.25, 0.3) is 0 Å². The lowest BCUT2D eigenvalue weighted by Gasteiger charge is -2.37. The van der Waals surface area contributed by atoms with E-state index in [-0.39, 0.29) is 13.0 Å². The maximum absolute atomic E-state index is 12.8. The summed E-state index contributed by atoms with van der Waals surface area (Å²) in [6, 6.07) is 8.97. The van der Waals surface area contributed by atoms with Gasteiger partial charge < -0.3 is 9.47 Å². The van der Waals surface area contributed by atoms with E-state index in [1.54, 1.807) is 0 Å². The van der Waals surface area contributed by atoms with Gasteiger partial charge in [-0.1, -0.05) is 31.2 Å². The summed E-state index contributed by atoms with van der Waals surface area (Å²) in [5.74, 6) is 3.29. The van der Waals surface area contributed by atoms with Crippen LogP contribution in [0.1, 0.15) is 81.6 Å². The van der Waals surface area contributed by atoms with Crippen molar-refractivity contribution in [2.24, 2.45) is 23.7 Å². The summed E-state index contributed by atoms with van der Waals surface area (Å²) >= 11 is 0. The third kappa shape index (κ3) is 4.74. The lowest BCUT2D eigenvalue weighted by Crippen LogP contribution is -2.26. The van der Waals surface area contributed by atoms with Gasteiger partial charge in [0.1, 0.15) is 0 Å². The number of ether oxygens (including phenoxy) is 2. The molecule has 2 aliphatic carbocycles. The van der Waals surface area contributed by atoms with Crippen molar-refractivity contribution in [3.8, 4) is 0 Å². The van der Waals surface area contributed by atoms with Crippen molar-refractivity contribution in [1.29, 1.82) is 0 Å². The zero-order chi connectivity index (χ0) is 18.6. The van der Waals surface area contributed by atoms with Crippen molar-refractivity contribution in [2.75, 3.05) is 19.9 Å². The van der Waals surface area contributed by atoms with Gasteiger partial charge in [-0.2, -0.15) is 0 Å². The highest BCUT2D eigenvalue weighted by Gasteiger charge is 2.31. The molecule has 0 bridgehead atoms. The molecule has 3 aliphatic rings. The molecule has 3 heteroatoms. The molecule has 1 aliphatic heterocycles. The Morgan fingerprint density at radius 3 is 1.85 bits per heavy atom. The molecule has 0 atom stereocenters. The number of hydrogen-bond acceptors (Lipinski definition) is 2. The molecule has 0 unspecified atom stereocenters. The van der Waals surface area contributed by atoms with E-state index in [0.717, 1.165) is 43.5 Å². The predicted molar refractivity (Wildman–Crippen MR) is 106 cm³/mol. The maximum atomic E-state index is 12.8. The second kappa shape index (κ2) is 9.05. The average molecular weight is 375 g/mol. The number of halogens is 1. The molecule has 0 spiro atoms. The number of benzene rings is 1. The van der Waals surface area contributed by atoms with E-state index in [9.17, 15) is 4.39 Å². The van der Waals surface area contributed by atoms with E-state index >= 15 is 0 Å². The molecule has 0 aromatic heterocycles. The zero-order valence-electron chi connectivity index (χ0n) is 16.7. The molecule has 27 heavy (non-hydrogen) atoms. The van der Waals surface area contributed by atoms with Crippen molar-refractivity contribution < 1.29 is 13.9 Å². The van der Waals surface area contributed by atoms with Gasteiger partial charge >= 0.3 is 0 Å². The summed E-state index contributed by atoms with van der Waals surface area (Å²) in [6.45, 7) is 3.61. The van der Waals surface area contributed by atoms with E-state index in [1.807, 2.05) is 0 Å². The molecule has 0 radical (unpaired) electrons. The normalized spacial score (nSPS) is 37.9. The highest BCUT2D eigenvalue weighted by molar-refractivity contribution is 5.26. The van der Waals surface area contributed by atoms with Crippen molar-refractivity contribution in [3.63, 3.8) is 0 Å². The quantitative estimate of drug-likeness (QED) is 0.605. The van der Waals surface area contributed by atoms with Gasteiger partial charge in [0.15, 0.2) is 6.29 Å². The molecule has 0 N–H and O–H groups in total. The topological polar surface area (TPSA) is 18.5 Å². The lowest BCUT2D eigenvalue weighted by molar-refractivity contribution is -0.202. The first kappa shape index (κ1) is 19.4. The first-order chi connectivity index (χ1) is 13.2. The summed E-state index contributed by atoms with van der Waals surface area (Å²) in [7, 11) is 0. The summed E-state index contributed by atoms with van der Waals surface area (Å²) in [5.41, 5.74) is 2.62. The summed E-state index contributed by atoms with van der Waals surface area (Å²) in [5, 5.41) is 0. The zero-order valence-corrected chi connectivity index (χ0v) is 16.7. The fraction of sp³-hybridized carbons (Fsp3) is 0.750. The molecule has 1 saturated heterocycles. The van der Waals surface area contributed by atoms with Crippen LogP contribution >= 0.6 is 0 Å². The SMILES string of the molecule is CC1COC(c2ccc(C3CCC(C4CCC(CF)CC4)CC3)cc2)OC1. The fourth-order valence-corrected chi connectivity index (χ4v) is 5.46. The van der Waals surface area contributed by atoms with Crippen LogP contribution in [0.4, 0.5) is 4.39 Å². The lowest BCUT2D eigenvalue weighted by atomic mass is 9.68. The second-order valence-electron chi connectivity index (χ2n) is 9.32. The standard InChI is InChI=1S/C24H35FO2/c1-17-15-26-24(27-16-17)23-12-10-22(11-13-23)21-8-6-20(7-9-21)19-4-2-18(14-25)3-5-19/h10-13,17-21,24H,2-9,14-16H2,1H3. The first-order valence-electron chi connectivity index (χ1n) is 11.1. The van der Waals surface area contributed by atoms with Crippen LogP contribution in [-0.2, 0) is 9.47 Å². The Morgan fingerprint density at radius 2 is 1.30 bits per heavy atom. The molecule has 2 nitrogen and oxygen atoms in total. The molecule has 3 fully saturated rings. The van der Waals surface area contributed by atoms with Gasteiger partial charge in [0, 0.05) is 11.5 Å². The van der Waals surface area contributed by atoms with Crippen LogP contribution in [-0.4, -0.2) is 19.9 Å². The van der Waals surface area contributed by atoms with Crippen molar-refractivity contribution in [2.45, 2.75) is 70.5 Å². The van der Waals surface area contributed by atoms with Crippen LogP contribution in [0, 0.1) is 23.7 Å². The Labute approximate surface area is 163 Å². The van der Waals surface area contributed by atoms with E-state index in [4.69, 9.17) is 9.47 Å². The third-order valence-corrected chi connectivity index (χ3v) is 7.29. The van der Waals surface area contributed by atoms with E-state index < -0.39 is 0 Å². The molecular formula is C24H35FO2. The molecule has 1 heterocycles. The smallest absolute Gasteiger partial charge is 0.183 e. The monoisotopic (exact) mass is 374 g/mol. The van der Waals surface area contributed by atoms with Gasteiger partial charge in [-0.05, 0) is 80.6 Å². The van der Waals surface area contributed by atoms with Gasteiger partial charge in [0.25, 0.3) is 0 Å². The van der Waals surface area contributed by atoms with Crippen molar-refractivity contribution in [1.82, 2.24) is 0 Å². The Morgan fingerprint density at radius 1 is 0.778 bits per heavy atom. The van der Waals surface area contributed by atoms with Gasteiger partial charge in [-0.15, -0.1) is 0 Å². The summed E-state index contributed by atoms with van der Waals surface area (Å²) < 4.78 is 24.5. The van der Waals surface area contributed by atoms with Gasteiger partial charge in [-0.3, -0.25) is 4.39 Å². The Kier molecular flexibility index (Phi) is 6.50. The minimum atomic E-state index is -0.189. The minimum absolute atomic E-state index is 0.106. The summed E-state index contributed by atoms with van der Waals surface area (Å²) in [4.78, 5) is 0. The van der Waals surface area contributed by atoms with Crippen molar-refractivity contribution >= 4 is 0 Å². The second-order valence-corrected chi connectivity index (χ2v) is 9.32. The largest absolute Gasteiger partial charge is 0.348 e. The van der Waals surface area contributed by atoms with Crippen LogP contribution in [0.2, 0.25) is 0 Å². The average Bonchev–Trinajstić information content (AvgIpc) is 2.75. The Hall–Kier alpha value is -0.930. The predicted octanol–water partition coefficient (Wildman–Crippen LogP) is 6.42. The van der Waals surface area contributed by atoms with Crippen LogP contribution in [0.3, 0.4) is 0 Å². The number of hydrogen-bond donors (Lipinski definition) is 0. The Balaban J connectivity index is 1.27. The van der Waals surface area contributed by atoms with Gasteiger partial charge in [0.05, 0.1) is 19.9 Å². The molecule has 2 saturated carbocycles. The van der Waals surface area contributed by atoms with E-state index in [1.165, 1.54) is 44.1 Å². The van der Waals surface area contributed by atoms with Gasteiger partial charge in [-0.25, -0.2) is 0 Å². The molecule has 150 valence electrons. The number of rotatable bonds is 4. The molecule has 0 amide bonds. The van der Waals surface area contributed by atoms with E-state index in [2.05, 4.69) is 31.2 Å². The fourth-order valence-electron chi connectivity index (χ4n) is 5.46. The minimum Gasteiger partial charge on any atom is -0.348 e. The molecule has 1 aromatic rings. The third-order valence-electron chi connectivity index (χ3n) is 7.29. The first-order valence-corrected chi connectivity index (χ1v) is 11.1. The van der Waals surface area contributed by atoms with Crippen LogP contribution in [0.5, 0.6) is 0 Å².